The summed E-state index contributed by atoms with van der Waals surface area (Å²) >= 11 is 0. The predicted molar refractivity (Wildman–Crippen MR) is 106 cm³/mol. The van der Waals surface area contributed by atoms with Crippen molar-refractivity contribution in [3.05, 3.63) is 35.4 Å². The van der Waals surface area contributed by atoms with E-state index in [-0.39, 0.29) is 24.4 Å². The van der Waals surface area contributed by atoms with Crippen LogP contribution < -0.4 is 9.44 Å². The Kier molecular flexibility index (Phi) is 6.58. The lowest BCUT2D eigenvalue weighted by Crippen LogP contribution is -2.48. The van der Waals surface area contributed by atoms with E-state index in [0.29, 0.717) is 12.8 Å². The maximum Gasteiger partial charge on any atom is 0.211 e. The maximum atomic E-state index is 12.4. The zero-order chi connectivity index (χ0) is 19.5. The van der Waals surface area contributed by atoms with Crippen LogP contribution in [0, 0.1) is 0 Å². The molecule has 0 amide bonds. The molecule has 2 aliphatic heterocycles. The van der Waals surface area contributed by atoms with Crippen molar-refractivity contribution in [2.75, 3.05) is 31.6 Å². The molecule has 1 fully saturated rings. The highest BCUT2D eigenvalue weighted by atomic mass is 32.2. The fraction of sp³-hybridized carbons (Fsp3) is 0.667. The highest BCUT2D eigenvalue weighted by Crippen LogP contribution is 2.36. The van der Waals surface area contributed by atoms with Crippen LogP contribution in [0.5, 0.6) is 0 Å². The van der Waals surface area contributed by atoms with Crippen molar-refractivity contribution in [2.24, 2.45) is 0 Å². The minimum Gasteiger partial charge on any atom is -0.296 e. The van der Waals surface area contributed by atoms with Gasteiger partial charge in [0.05, 0.1) is 12.0 Å². The van der Waals surface area contributed by atoms with E-state index in [1.807, 2.05) is 0 Å². The minimum atomic E-state index is -3.36. The Balaban J connectivity index is 1.51. The Morgan fingerprint density at radius 2 is 1.89 bits per heavy atom. The summed E-state index contributed by atoms with van der Waals surface area (Å²) in [5.74, 6) is 0.0277. The fourth-order valence-electron chi connectivity index (χ4n) is 4.05. The van der Waals surface area contributed by atoms with E-state index in [4.69, 9.17) is 0 Å². The van der Waals surface area contributed by atoms with Gasteiger partial charge in [0.15, 0.2) is 0 Å². The highest BCUT2D eigenvalue weighted by Gasteiger charge is 2.34. The van der Waals surface area contributed by atoms with E-state index in [0.717, 1.165) is 38.6 Å². The van der Waals surface area contributed by atoms with Gasteiger partial charge >= 0.3 is 0 Å². The summed E-state index contributed by atoms with van der Waals surface area (Å²) in [5, 5.41) is 0. The van der Waals surface area contributed by atoms with Gasteiger partial charge in [-0.3, -0.25) is 4.90 Å². The number of sulfonamides is 2. The molecule has 27 heavy (non-hydrogen) atoms. The first kappa shape index (κ1) is 20.7. The van der Waals surface area contributed by atoms with Crippen LogP contribution in [0.3, 0.4) is 0 Å². The van der Waals surface area contributed by atoms with Gasteiger partial charge in [-0.05, 0) is 43.2 Å². The van der Waals surface area contributed by atoms with Gasteiger partial charge in [0.25, 0.3) is 0 Å². The van der Waals surface area contributed by atoms with Crippen LogP contribution in [-0.4, -0.2) is 59.4 Å². The molecule has 0 spiro atoms. The van der Waals surface area contributed by atoms with Crippen LogP contribution in [0.4, 0.5) is 0 Å². The van der Waals surface area contributed by atoms with Crippen LogP contribution in [-0.2, 0) is 26.5 Å². The molecule has 2 aliphatic rings. The molecule has 2 heterocycles. The van der Waals surface area contributed by atoms with Crippen molar-refractivity contribution in [3.63, 3.8) is 0 Å². The highest BCUT2D eigenvalue weighted by molar-refractivity contribution is 7.89. The number of rotatable bonds is 8. The summed E-state index contributed by atoms with van der Waals surface area (Å²) in [5.41, 5.74) is 2.71. The molecule has 2 atom stereocenters. The standard InChI is InChI=1S/C18H29N3O4S2/c1-26(22,23)19-10-4-5-13-27(24,25)20-16-9-12-21-11-8-15-6-2-3-7-17(15)18(21)14-16/h2-3,6-7,16,18-20H,4-5,8-14H2,1H3. The van der Waals surface area contributed by atoms with Crippen LogP contribution >= 0.6 is 0 Å². The number of hydrogen-bond donors (Lipinski definition) is 2. The molecule has 0 aromatic heterocycles. The summed E-state index contributed by atoms with van der Waals surface area (Å²) in [6, 6.07) is 8.70. The quantitative estimate of drug-likeness (QED) is 0.618. The van der Waals surface area contributed by atoms with E-state index >= 15 is 0 Å². The smallest absolute Gasteiger partial charge is 0.211 e. The Bertz CT molecular complexity index is 855. The van der Waals surface area contributed by atoms with E-state index in [1.54, 1.807) is 0 Å². The lowest BCUT2D eigenvalue weighted by atomic mass is 9.85. The number of benzene rings is 1. The van der Waals surface area contributed by atoms with Gasteiger partial charge in [-0.15, -0.1) is 0 Å². The van der Waals surface area contributed by atoms with Gasteiger partial charge in [0.1, 0.15) is 0 Å². The van der Waals surface area contributed by atoms with Gasteiger partial charge in [-0.2, -0.15) is 0 Å². The Morgan fingerprint density at radius 1 is 1.11 bits per heavy atom. The molecule has 152 valence electrons. The normalized spacial score (nSPS) is 23.6. The lowest BCUT2D eigenvalue weighted by molar-refractivity contribution is 0.122. The molecule has 2 N–H and O–H groups in total. The summed E-state index contributed by atoms with van der Waals surface area (Å²) in [4.78, 5) is 2.46. The average molecular weight is 416 g/mol. The molecule has 2 unspecified atom stereocenters. The third-order valence-corrected chi connectivity index (χ3v) is 7.59. The van der Waals surface area contributed by atoms with Crippen LogP contribution in [0.1, 0.15) is 42.9 Å². The van der Waals surface area contributed by atoms with Crippen molar-refractivity contribution < 1.29 is 16.8 Å². The van der Waals surface area contributed by atoms with Crippen molar-refractivity contribution in [1.82, 2.24) is 14.3 Å². The first-order chi connectivity index (χ1) is 12.7. The molecule has 1 aromatic carbocycles. The van der Waals surface area contributed by atoms with E-state index in [1.165, 1.54) is 11.1 Å². The molecular formula is C18H29N3O4S2. The van der Waals surface area contributed by atoms with Gasteiger partial charge < -0.3 is 0 Å². The van der Waals surface area contributed by atoms with Crippen LogP contribution in [0.15, 0.2) is 24.3 Å². The Hall–Kier alpha value is -1.00. The molecule has 0 radical (unpaired) electrons. The molecule has 0 aliphatic carbocycles. The topological polar surface area (TPSA) is 95.6 Å². The zero-order valence-electron chi connectivity index (χ0n) is 15.7. The fourth-order valence-corrected chi connectivity index (χ4v) is 5.99. The number of nitrogens with zero attached hydrogens (tertiary/aromatic N) is 1. The Labute approximate surface area is 162 Å². The van der Waals surface area contributed by atoms with Gasteiger partial charge in [-0.1, -0.05) is 24.3 Å². The summed E-state index contributed by atoms with van der Waals surface area (Å²) in [7, 11) is -6.58. The zero-order valence-corrected chi connectivity index (χ0v) is 17.4. The molecule has 1 aromatic rings. The third kappa shape index (κ3) is 5.99. The van der Waals surface area contributed by atoms with E-state index in [9.17, 15) is 16.8 Å². The molecule has 0 bridgehead atoms. The molecule has 9 heteroatoms. The number of fused-ring (bicyclic) bond motifs is 3. The van der Waals surface area contributed by atoms with Crippen molar-refractivity contribution in [2.45, 2.75) is 44.2 Å². The lowest BCUT2D eigenvalue weighted by Gasteiger charge is -2.43. The number of unbranched alkanes of at least 4 members (excludes halogenated alkanes) is 1. The molecule has 0 saturated carbocycles. The second-order valence-electron chi connectivity index (χ2n) is 7.53. The van der Waals surface area contributed by atoms with E-state index < -0.39 is 20.0 Å². The first-order valence-electron chi connectivity index (χ1n) is 9.50. The molecule has 1 saturated heterocycles. The van der Waals surface area contributed by atoms with Crippen LogP contribution in [0.25, 0.3) is 0 Å². The molecule has 3 rings (SSSR count). The minimum absolute atomic E-state index is 0.0277. The number of piperidine rings is 1. The first-order valence-corrected chi connectivity index (χ1v) is 13.0. The summed E-state index contributed by atoms with van der Waals surface area (Å²) in [6.45, 7) is 2.21. The number of hydrogen-bond acceptors (Lipinski definition) is 5. The monoisotopic (exact) mass is 415 g/mol. The second-order valence-corrected chi connectivity index (χ2v) is 11.2. The van der Waals surface area contributed by atoms with Gasteiger partial charge in [0, 0.05) is 31.7 Å². The van der Waals surface area contributed by atoms with Crippen molar-refractivity contribution in [3.8, 4) is 0 Å². The van der Waals surface area contributed by atoms with E-state index in [2.05, 4.69) is 38.6 Å². The maximum absolute atomic E-state index is 12.4. The van der Waals surface area contributed by atoms with Crippen LogP contribution in [0.2, 0.25) is 0 Å². The Morgan fingerprint density at radius 3 is 2.67 bits per heavy atom. The van der Waals surface area contributed by atoms with Crippen molar-refractivity contribution >= 4 is 20.0 Å². The molecule has 7 nitrogen and oxygen atoms in total. The predicted octanol–water partition coefficient (Wildman–Crippen LogP) is 0.997. The second kappa shape index (κ2) is 8.57. The van der Waals surface area contributed by atoms with Gasteiger partial charge in [-0.25, -0.2) is 26.3 Å². The van der Waals surface area contributed by atoms with Crippen molar-refractivity contribution in [1.29, 1.82) is 0 Å². The molecular weight excluding hydrogens is 386 g/mol. The summed E-state index contributed by atoms with van der Waals surface area (Å²) in [6.07, 6.45) is 4.72. The van der Waals surface area contributed by atoms with Gasteiger partial charge in [0.2, 0.25) is 20.0 Å². The largest absolute Gasteiger partial charge is 0.296 e. The third-order valence-electron chi connectivity index (χ3n) is 5.35. The SMILES string of the molecule is CS(=O)(=O)NCCCCS(=O)(=O)NC1CCN2CCc3ccccc3C2C1. The summed E-state index contributed by atoms with van der Waals surface area (Å²) < 4.78 is 52.1. The number of nitrogens with one attached hydrogen (secondary N) is 2. The average Bonchev–Trinajstić information content (AvgIpc) is 2.60.